The zero-order chi connectivity index (χ0) is 18.9. The molecule has 0 aromatic heterocycles. The minimum Gasteiger partial charge on any atom is -0.494 e. The van der Waals surface area contributed by atoms with E-state index in [4.69, 9.17) is 4.74 Å². The smallest absolute Gasteiger partial charge is 0.223 e. The molecule has 0 unspecified atom stereocenters. The summed E-state index contributed by atoms with van der Waals surface area (Å²) in [5, 5.41) is 0. The standard InChI is InChI=1S/C22H27NO3/c1-17(2)23(16-19-8-5-4-6-9-19)22(25)10-7-15-26-21-13-11-20(12-14-21)18(3)24/h4-6,8-9,11-14,17H,7,10,15-16H2,1-3H3. The van der Waals surface area contributed by atoms with Crippen molar-refractivity contribution in [3.8, 4) is 5.75 Å². The van der Waals surface area contributed by atoms with Gasteiger partial charge in [-0.15, -0.1) is 0 Å². The highest BCUT2D eigenvalue weighted by Crippen LogP contribution is 2.14. The number of ketones is 1. The Balaban J connectivity index is 1.79. The molecule has 2 rings (SSSR count). The number of nitrogens with zero attached hydrogens (tertiary/aromatic N) is 1. The molecular weight excluding hydrogens is 326 g/mol. The summed E-state index contributed by atoms with van der Waals surface area (Å²) < 4.78 is 5.67. The van der Waals surface area contributed by atoms with Gasteiger partial charge in [-0.25, -0.2) is 0 Å². The summed E-state index contributed by atoms with van der Waals surface area (Å²) in [6.07, 6.45) is 1.11. The third kappa shape index (κ3) is 6.03. The van der Waals surface area contributed by atoms with Crippen molar-refractivity contribution >= 4 is 11.7 Å². The van der Waals surface area contributed by atoms with Crippen molar-refractivity contribution in [3.63, 3.8) is 0 Å². The number of rotatable bonds is 9. The van der Waals surface area contributed by atoms with Crippen molar-refractivity contribution in [3.05, 3.63) is 65.7 Å². The maximum Gasteiger partial charge on any atom is 0.223 e. The molecule has 138 valence electrons. The molecule has 1 amide bonds. The highest BCUT2D eigenvalue weighted by atomic mass is 16.5. The second-order valence-electron chi connectivity index (χ2n) is 6.63. The van der Waals surface area contributed by atoms with Gasteiger partial charge in [0.1, 0.15) is 5.75 Å². The lowest BCUT2D eigenvalue weighted by Gasteiger charge is -2.27. The first kappa shape index (κ1) is 19.7. The minimum absolute atomic E-state index is 0.0364. The number of carbonyl (C=O) groups is 2. The first-order valence-electron chi connectivity index (χ1n) is 9.04. The van der Waals surface area contributed by atoms with E-state index in [2.05, 4.69) is 0 Å². The fourth-order valence-corrected chi connectivity index (χ4v) is 2.68. The molecule has 26 heavy (non-hydrogen) atoms. The molecule has 2 aromatic carbocycles. The number of carbonyl (C=O) groups excluding carboxylic acids is 2. The molecule has 0 saturated heterocycles. The quantitative estimate of drug-likeness (QED) is 0.493. The number of Topliss-reactive ketones (excluding diaryl/α,β-unsaturated/α-hetero) is 1. The van der Waals surface area contributed by atoms with Crippen molar-refractivity contribution in [2.75, 3.05) is 6.61 Å². The molecular formula is C22H27NO3. The number of hydrogen-bond donors (Lipinski definition) is 0. The molecule has 0 atom stereocenters. The molecule has 0 radical (unpaired) electrons. The lowest BCUT2D eigenvalue weighted by molar-refractivity contribution is -0.133. The Kier molecular flexibility index (Phi) is 7.39. The Morgan fingerprint density at radius 2 is 1.65 bits per heavy atom. The van der Waals surface area contributed by atoms with Crippen LogP contribution >= 0.6 is 0 Å². The molecule has 0 aliphatic carbocycles. The highest BCUT2D eigenvalue weighted by Gasteiger charge is 2.16. The van der Waals surface area contributed by atoms with Crippen LogP contribution in [0.25, 0.3) is 0 Å². The zero-order valence-corrected chi connectivity index (χ0v) is 15.8. The Bertz CT molecular complexity index is 708. The first-order chi connectivity index (χ1) is 12.5. The fourth-order valence-electron chi connectivity index (χ4n) is 2.68. The van der Waals surface area contributed by atoms with Gasteiger partial charge in [0, 0.05) is 24.6 Å². The van der Waals surface area contributed by atoms with Gasteiger partial charge in [-0.2, -0.15) is 0 Å². The van der Waals surface area contributed by atoms with E-state index in [-0.39, 0.29) is 17.7 Å². The molecule has 0 spiro atoms. The second-order valence-corrected chi connectivity index (χ2v) is 6.63. The molecule has 2 aromatic rings. The SMILES string of the molecule is CC(=O)c1ccc(OCCCC(=O)N(Cc2ccccc2)C(C)C)cc1. The third-order valence-corrected chi connectivity index (χ3v) is 4.20. The van der Waals surface area contributed by atoms with Crippen LogP contribution in [0.5, 0.6) is 5.75 Å². The molecule has 4 nitrogen and oxygen atoms in total. The number of benzene rings is 2. The van der Waals surface area contributed by atoms with E-state index in [1.165, 1.54) is 6.92 Å². The van der Waals surface area contributed by atoms with Crippen LogP contribution in [0.1, 0.15) is 49.5 Å². The van der Waals surface area contributed by atoms with Gasteiger partial charge in [-0.3, -0.25) is 9.59 Å². The summed E-state index contributed by atoms with van der Waals surface area (Å²) >= 11 is 0. The van der Waals surface area contributed by atoms with Crippen LogP contribution in [0.4, 0.5) is 0 Å². The average molecular weight is 353 g/mol. The van der Waals surface area contributed by atoms with Gasteiger partial charge in [0.25, 0.3) is 0 Å². The summed E-state index contributed by atoms with van der Waals surface area (Å²) in [6, 6.07) is 17.3. The molecule has 4 heteroatoms. The van der Waals surface area contributed by atoms with Crippen molar-refractivity contribution in [2.24, 2.45) is 0 Å². The van der Waals surface area contributed by atoms with Crippen molar-refractivity contribution in [1.82, 2.24) is 4.90 Å². The zero-order valence-electron chi connectivity index (χ0n) is 15.8. The first-order valence-corrected chi connectivity index (χ1v) is 9.04. The third-order valence-electron chi connectivity index (χ3n) is 4.20. The summed E-state index contributed by atoms with van der Waals surface area (Å²) in [5.41, 5.74) is 1.80. The van der Waals surface area contributed by atoms with E-state index >= 15 is 0 Å². The normalized spacial score (nSPS) is 10.6. The Labute approximate surface area is 155 Å². The van der Waals surface area contributed by atoms with E-state index < -0.39 is 0 Å². The molecule has 0 N–H and O–H groups in total. The lowest BCUT2D eigenvalue weighted by Crippen LogP contribution is -2.36. The number of amides is 1. The predicted octanol–water partition coefficient (Wildman–Crippen LogP) is 4.49. The van der Waals surface area contributed by atoms with E-state index in [0.29, 0.717) is 37.3 Å². The van der Waals surface area contributed by atoms with Gasteiger partial charge in [0.2, 0.25) is 5.91 Å². The average Bonchev–Trinajstić information content (AvgIpc) is 2.64. The molecule has 0 heterocycles. The summed E-state index contributed by atoms with van der Waals surface area (Å²) in [4.78, 5) is 25.7. The molecule has 0 aliphatic heterocycles. The molecule has 0 fully saturated rings. The van der Waals surface area contributed by atoms with Gasteiger partial charge in [0.05, 0.1) is 6.61 Å². The van der Waals surface area contributed by atoms with Gasteiger partial charge < -0.3 is 9.64 Å². The Hall–Kier alpha value is -2.62. The van der Waals surface area contributed by atoms with Crippen LogP contribution in [0.3, 0.4) is 0 Å². The number of hydrogen-bond acceptors (Lipinski definition) is 3. The lowest BCUT2D eigenvalue weighted by atomic mass is 10.1. The topological polar surface area (TPSA) is 46.6 Å². The van der Waals surface area contributed by atoms with E-state index in [9.17, 15) is 9.59 Å². The maximum absolute atomic E-state index is 12.6. The van der Waals surface area contributed by atoms with E-state index in [0.717, 1.165) is 5.56 Å². The molecule has 0 aliphatic rings. The Morgan fingerprint density at radius 1 is 1.00 bits per heavy atom. The van der Waals surface area contributed by atoms with Gasteiger partial charge in [-0.1, -0.05) is 30.3 Å². The van der Waals surface area contributed by atoms with E-state index in [1.807, 2.05) is 49.1 Å². The van der Waals surface area contributed by atoms with Crippen LogP contribution in [0.2, 0.25) is 0 Å². The summed E-state index contributed by atoms with van der Waals surface area (Å²) in [7, 11) is 0. The molecule has 0 saturated carbocycles. The van der Waals surface area contributed by atoms with Crippen LogP contribution < -0.4 is 4.74 Å². The fraction of sp³-hybridized carbons (Fsp3) is 0.364. The van der Waals surface area contributed by atoms with Gasteiger partial charge >= 0.3 is 0 Å². The highest BCUT2D eigenvalue weighted by molar-refractivity contribution is 5.94. The predicted molar refractivity (Wildman–Crippen MR) is 103 cm³/mol. The van der Waals surface area contributed by atoms with Crippen molar-refractivity contribution in [2.45, 2.75) is 46.2 Å². The second kappa shape index (κ2) is 9.76. The van der Waals surface area contributed by atoms with Crippen LogP contribution in [-0.2, 0) is 11.3 Å². The monoisotopic (exact) mass is 353 g/mol. The Morgan fingerprint density at radius 3 is 2.23 bits per heavy atom. The molecule has 0 bridgehead atoms. The van der Waals surface area contributed by atoms with Crippen LogP contribution in [0.15, 0.2) is 54.6 Å². The van der Waals surface area contributed by atoms with Gasteiger partial charge in [0.15, 0.2) is 5.78 Å². The summed E-state index contributed by atoms with van der Waals surface area (Å²) in [5.74, 6) is 0.890. The number of ether oxygens (including phenoxy) is 1. The maximum atomic E-state index is 12.6. The van der Waals surface area contributed by atoms with Crippen molar-refractivity contribution in [1.29, 1.82) is 0 Å². The van der Waals surface area contributed by atoms with Gasteiger partial charge in [-0.05, 0) is 57.0 Å². The largest absolute Gasteiger partial charge is 0.494 e. The van der Waals surface area contributed by atoms with Crippen molar-refractivity contribution < 1.29 is 14.3 Å². The van der Waals surface area contributed by atoms with E-state index in [1.54, 1.807) is 24.3 Å². The minimum atomic E-state index is 0.0364. The van der Waals surface area contributed by atoms with Crippen LogP contribution in [0, 0.1) is 0 Å². The summed E-state index contributed by atoms with van der Waals surface area (Å²) in [6.45, 7) is 6.71. The van der Waals surface area contributed by atoms with Crippen LogP contribution in [-0.4, -0.2) is 29.2 Å².